The molecule has 2 aromatic heterocycles. The number of carbonyl (C=O) groups excluding carboxylic acids is 1. The largest absolute Gasteiger partial charge is 0.352 e. The minimum absolute atomic E-state index is 0.0160. The molecule has 0 aromatic carbocycles. The monoisotopic (exact) mass is 445 g/mol. The zero-order valence-corrected chi connectivity index (χ0v) is 18.1. The minimum atomic E-state index is -3.53. The number of sulfonamides is 1. The predicted octanol–water partition coefficient (Wildman–Crippen LogP) is 1.76. The summed E-state index contributed by atoms with van der Waals surface area (Å²) in [6.07, 6.45) is 3.05. The number of piperidine rings is 1. The van der Waals surface area contributed by atoms with Crippen LogP contribution in [0.15, 0.2) is 40.1 Å². The van der Waals surface area contributed by atoms with Gasteiger partial charge in [0.1, 0.15) is 16.1 Å². The van der Waals surface area contributed by atoms with Gasteiger partial charge in [-0.05, 0) is 36.4 Å². The lowest BCUT2D eigenvalue weighted by molar-refractivity contribution is -0.137. The van der Waals surface area contributed by atoms with Gasteiger partial charge in [0.05, 0.1) is 11.5 Å². The van der Waals surface area contributed by atoms with E-state index in [1.54, 1.807) is 35.8 Å². The number of rotatable bonds is 4. The number of thiophene rings is 1. The molecule has 2 saturated heterocycles. The Kier molecular flexibility index (Phi) is 6.04. The molecule has 1 unspecified atom stereocenters. The van der Waals surface area contributed by atoms with Gasteiger partial charge in [0.25, 0.3) is 10.0 Å². The van der Waals surface area contributed by atoms with Crippen LogP contribution in [0.3, 0.4) is 0 Å². The molecule has 158 valence electrons. The summed E-state index contributed by atoms with van der Waals surface area (Å²) in [4.78, 5) is 21.3. The highest BCUT2D eigenvalue weighted by molar-refractivity contribution is 7.91. The summed E-state index contributed by atoms with van der Waals surface area (Å²) in [5.41, 5.74) is 0.527. The van der Waals surface area contributed by atoms with Gasteiger partial charge in [0.2, 0.25) is 5.91 Å². The van der Waals surface area contributed by atoms with Crippen molar-refractivity contribution in [1.82, 2.24) is 14.2 Å². The highest BCUT2D eigenvalue weighted by Crippen LogP contribution is 2.28. The molecule has 10 heteroatoms. The van der Waals surface area contributed by atoms with Crippen LogP contribution in [-0.2, 0) is 14.8 Å². The molecule has 1 atom stereocenters. The molecule has 0 saturated carbocycles. The molecule has 0 aliphatic carbocycles. The molecule has 0 spiro atoms. The molecule has 2 aromatic rings. The van der Waals surface area contributed by atoms with E-state index in [2.05, 4.69) is 11.1 Å². The second-order valence-corrected chi connectivity index (χ2v) is 10.5. The molecule has 1 amide bonds. The van der Waals surface area contributed by atoms with Gasteiger partial charge in [-0.1, -0.05) is 6.07 Å². The first-order valence-corrected chi connectivity index (χ1v) is 12.2. The third-order valence-corrected chi connectivity index (χ3v) is 8.86. The van der Waals surface area contributed by atoms with E-state index >= 15 is 0 Å². The third-order valence-electron chi connectivity index (χ3n) is 5.62. The topological polar surface area (TPSA) is 97.6 Å². The molecule has 2 fully saturated rings. The van der Waals surface area contributed by atoms with Crippen LogP contribution in [0.2, 0.25) is 0 Å². The first-order valence-electron chi connectivity index (χ1n) is 9.93. The SMILES string of the molecule is N#Cc1cccnc1N1CCN(C(=O)C2CCCN(S(=O)(=O)c3cccs3)C2)CC1. The van der Waals surface area contributed by atoms with E-state index < -0.39 is 10.0 Å². The number of hydrogen-bond donors (Lipinski definition) is 0. The van der Waals surface area contributed by atoms with E-state index in [0.717, 1.165) is 0 Å². The van der Waals surface area contributed by atoms with E-state index in [-0.39, 0.29) is 18.4 Å². The number of nitriles is 1. The number of amides is 1. The summed E-state index contributed by atoms with van der Waals surface area (Å²) in [7, 11) is -3.53. The van der Waals surface area contributed by atoms with Crippen LogP contribution < -0.4 is 4.90 Å². The van der Waals surface area contributed by atoms with Gasteiger partial charge in [-0.25, -0.2) is 13.4 Å². The minimum Gasteiger partial charge on any atom is -0.352 e. The summed E-state index contributed by atoms with van der Waals surface area (Å²) < 4.78 is 27.4. The van der Waals surface area contributed by atoms with Gasteiger partial charge in [0.15, 0.2) is 0 Å². The van der Waals surface area contributed by atoms with Crippen molar-refractivity contribution in [2.24, 2.45) is 5.92 Å². The lowest BCUT2D eigenvalue weighted by Gasteiger charge is -2.39. The van der Waals surface area contributed by atoms with Crippen molar-refractivity contribution in [1.29, 1.82) is 5.26 Å². The van der Waals surface area contributed by atoms with Crippen molar-refractivity contribution in [3.8, 4) is 6.07 Å². The van der Waals surface area contributed by atoms with Crippen LogP contribution in [0, 0.1) is 17.2 Å². The Morgan fingerprint density at radius 3 is 2.67 bits per heavy atom. The molecule has 4 rings (SSSR count). The summed E-state index contributed by atoms with van der Waals surface area (Å²) in [5.74, 6) is 0.352. The fraction of sp³-hybridized carbons (Fsp3) is 0.450. The summed E-state index contributed by atoms with van der Waals surface area (Å²) in [6, 6.07) is 8.97. The van der Waals surface area contributed by atoms with Crippen molar-refractivity contribution in [2.75, 3.05) is 44.2 Å². The zero-order chi connectivity index (χ0) is 21.1. The van der Waals surface area contributed by atoms with E-state index in [0.29, 0.717) is 61.2 Å². The van der Waals surface area contributed by atoms with Gasteiger partial charge in [-0.2, -0.15) is 9.57 Å². The number of carbonyl (C=O) groups is 1. The molecule has 0 N–H and O–H groups in total. The Morgan fingerprint density at radius 1 is 1.17 bits per heavy atom. The number of hydrogen-bond acceptors (Lipinski definition) is 7. The van der Waals surface area contributed by atoms with Crippen molar-refractivity contribution in [3.63, 3.8) is 0 Å². The average molecular weight is 446 g/mol. The van der Waals surface area contributed by atoms with E-state index in [9.17, 15) is 18.5 Å². The quantitative estimate of drug-likeness (QED) is 0.711. The van der Waals surface area contributed by atoms with Crippen molar-refractivity contribution >= 4 is 33.1 Å². The van der Waals surface area contributed by atoms with Crippen LogP contribution in [0.5, 0.6) is 0 Å². The maximum atomic E-state index is 13.1. The second-order valence-electron chi connectivity index (χ2n) is 7.43. The number of anilines is 1. The molecule has 2 aliphatic rings. The van der Waals surface area contributed by atoms with Gasteiger partial charge < -0.3 is 9.80 Å². The Bertz CT molecular complexity index is 1040. The normalized spacial score (nSPS) is 20.7. The lowest BCUT2D eigenvalue weighted by atomic mass is 9.97. The highest BCUT2D eigenvalue weighted by atomic mass is 32.2. The summed E-state index contributed by atoms with van der Waals surface area (Å²) in [6.45, 7) is 2.96. The first-order chi connectivity index (χ1) is 14.5. The first kappa shape index (κ1) is 20.8. The van der Waals surface area contributed by atoms with Crippen LogP contribution in [0.25, 0.3) is 0 Å². The maximum Gasteiger partial charge on any atom is 0.252 e. The Hall–Kier alpha value is -2.48. The molecule has 30 heavy (non-hydrogen) atoms. The molecule has 4 heterocycles. The van der Waals surface area contributed by atoms with E-state index in [1.807, 2.05) is 9.80 Å². The Balaban J connectivity index is 1.39. The molecular formula is C20H23N5O3S2. The molecule has 0 radical (unpaired) electrons. The number of aromatic nitrogens is 1. The number of pyridine rings is 1. The molecular weight excluding hydrogens is 422 g/mol. The van der Waals surface area contributed by atoms with Crippen LogP contribution >= 0.6 is 11.3 Å². The van der Waals surface area contributed by atoms with Crippen LogP contribution in [-0.4, -0.2) is 67.8 Å². The number of nitrogens with zero attached hydrogens (tertiary/aromatic N) is 5. The van der Waals surface area contributed by atoms with Crippen molar-refractivity contribution in [3.05, 3.63) is 41.4 Å². The third kappa shape index (κ3) is 4.05. The van der Waals surface area contributed by atoms with Gasteiger partial charge in [0, 0.05) is 45.5 Å². The van der Waals surface area contributed by atoms with E-state index in [4.69, 9.17) is 0 Å². The van der Waals surface area contributed by atoms with Crippen molar-refractivity contribution < 1.29 is 13.2 Å². The second kappa shape index (κ2) is 8.71. The summed E-state index contributed by atoms with van der Waals surface area (Å²) >= 11 is 1.20. The molecule has 2 aliphatic heterocycles. The average Bonchev–Trinajstić information content (AvgIpc) is 3.35. The number of piperazine rings is 1. The highest BCUT2D eigenvalue weighted by Gasteiger charge is 2.36. The van der Waals surface area contributed by atoms with Gasteiger partial charge in [-0.15, -0.1) is 11.3 Å². The molecule has 0 bridgehead atoms. The Labute approximate surface area is 180 Å². The standard InChI is InChI=1S/C20H23N5O3S2/c21-14-16-4-1-7-22-19(16)23-9-11-24(12-10-23)20(26)17-5-2-8-25(15-17)30(27,28)18-6-3-13-29-18/h1,3-4,6-7,13,17H,2,5,8-12,15H2. The molecule has 8 nitrogen and oxygen atoms in total. The summed E-state index contributed by atoms with van der Waals surface area (Å²) in [5, 5.41) is 11.0. The van der Waals surface area contributed by atoms with Crippen LogP contribution in [0.4, 0.5) is 5.82 Å². The maximum absolute atomic E-state index is 13.1. The fourth-order valence-electron chi connectivity index (χ4n) is 4.03. The van der Waals surface area contributed by atoms with Crippen molar-refractivity contribution in [2.45, 2.75) is 17.1 Å². The zero-order valence-electron chi connectivity index (χ0n) is 16.5. The smallest absolute Gasteiger partial charge is 0.252 e. The Morgan fingerprint density at radius 2 is 1.97 bits per heavy atom. The predicted molar refractivity (Wildman–Crippen MR) is 114 cm³/mol. The van der Waals surface area contributed by atoms with Gasteiger partial charge in [-0.3, -0.25) is 4.79 Å². The fourth-order valence-corrected chi connectivity index (χ4v) is 6.70. The van der Waals surface area contributed by atoms with Gasteiger partial charge >= 0.3 is 0 Å². The van der Waals surface area contributed by atoms with Crippen LogP contribution in [0.1, 0.15) is 18.4 Å². The van der Waals surface area contributed by atoms with E-state index in [1.165, 1.54) is 15.6 Å². The lowest BCUT2D eigenvalue weighted by Crippen LogP contribution is -2.53.